The van der Waals surface area contributed by atoms with Crippen LogP contribution in [-0.4, -0.2) is 13.4 Å². The molecule has 1 unspecified atom stereocenters. The molecule has 0 saturated carbocycles. The summed E-state index contributed by atoms with van der Waals surface area (Å²) >= 11 is 3.29. The number of fused-ring (bicyclic) bond motifs is 1. The summed E-state index contributed by atoms with van der Waals surface area (Å²) in [6.45, 7) is 0. The molecular weight excluding hydrogens is 268 g/mol. The van der Waals surface area contributed by atoms with Crippen LogP contribution in [0.5, 0.6) is 0 Å². The van der Waals surface area contributed by atoms with Crippen molar-refractivity contribution >= 4 is 31.8 Å². The molecule has 0 saturated heterocycles. The van der Waals surface area contributed by atoms with Crippen LogP contribution >= 0.6 is 15.9 Å². The molecule has 4 nitrogen and oxygen atoms in total. The van der Waals surface area contributed by atoms with E-state index < -0.39 is 10.2 Å². The van der Waals surface area contributed by atoms with Gasteiger partial charge in [0.15, 0.2) is 0 Å². The molecule has 0 fully saturated rings. The van der Waals surface area contributed by atoms with Crippen molar-refractivity contribution in [3.05, 3.63) is 29.8 Å². The van der Waals surface area contributed by atoms with Gasteiger partial charge in [-0.15, -0.1) is 0 Å². The van der Waals surface area contributed by atoms with Gasteiger partial charge in [0.05, 0.1) is 5.69 Å². The Bertz CT molecular complexity index is 460. The van der Waals surface area contributed by atoms with Crippen molar-refractivity contribution < 1.29 is 8.42 Å². The lowest BCUT2D eigenvalue weighted by Gasteiger charge is -2.19. The number of hydrogen-bond donors (Lipinski definition) is 1. The monoisotopic (exact) mass is 276 g/mol. The molecule has 76 valence electrons. The zero-order valence-electron chi connectivity index (χ0n) is 7.22. The topological polar surface area (TPSA) is 63.4 Å². The molecular formula is C8H9BrN2O2S. The number of alkyl halides is 1. The summed E-state index contributed by atoms with van der Waals surface area (Å²) in [7, 11) is -3.68. The minimum Gasteiger partial charge on any atom is -0.244 e. The van der Waals surface area contributed by atoms with Crippen LogP contribution in [0.3, 0.4) is 0 Å². The minimum atomic E-state index is -3.68. The smallest absolute Gasteiger partial charge is 0.244 e. The van der Waals surface area contributed by atoms with Crippen molar-refractivity contribution in [3.63, 3.8) is 0 Å². The van der Waals surface area contributed by atoms with Crippen LogP contribution < -0.4 is 9.44 Å². The van der Waals surface area contributed by atoms with Crippen molar-refractivity contribution in [2.75, 3.05) is 4.31 Å². The third kappa shape index (κ3) is 1.53. The summed E-state index contributed by atoms with van der Waals surface area (Å²) in [6, 6.07) is 7.32. The number of rotatable bonds is 1. The second-order valence-corrected chi connectivity index (χ2v) is 5.59. The third-order valence-corrected chi connectivity index (χ3v) is 4.15. The number of hydrogen-bond acceptors (Lipinski definition) is 2. The number of benzene rings is 1. The van der Waals surface area contributed by atoms with Gasteiger partial charge in [0.1, 0.15) is 4.95 Å². The van der Waals surface area contributed by atoms with Gasteiger partial charge in [-0.2, -0.15) is 8.42 Å². The highest BCUT2D eigenvalue weighted by atomic mass is 79.9. The quantitative estimate of drug-likeness (QED) is 0.614. The molecule has 1 heterocycles. The van der Waals surface area contributed by atoms with E-state index in [0.717, 1.165) is 5.56 Å². The maximum Gasteiger partial charge on any atom is 0.300 e. The zero-order chi connectivity index (χ0) is 10.3. The van der Waals surface area contributed by atoms with Gasteiger partial charge in [-0.3, -0.25) is 0 Å². The predicted molar refractivity (Wildman–Crippen MR) is 58.4 cm³/mol. The molecule has 2 rings (SSSR count). The van der Waals surface area contributed by atoms with Crippen LogP contribution in [0.2, 0.25) is 0 Å². The van der Waals surface area contributed by atoms with Gasteiger partial charge in [0.25, 0.3) is 10.2 Å². The summed E-state index contributed by atoms with van der Waals surface area (Å²) < 4.78 is 23.8. The lowest BCUT2D eigenvalue weighted by molar-refractivity contribution is 0.593. The molecule has 6 heteroatoms. The van der Waals surface area contributed by atoms with Crippen LogP contribution in [0.4, 0.5) is 5.69 Å². The van der Waals surface area contributed by atoms with E-state index in [1.165, 1.54) is 4.31 Å². The van der Waals surface area contributed by atoms with Crippen LogP contribution in [0.25, 0.3) is 0 Å². The Labute approximate surface area is 91.0 Å². The van der Waals surface area contributed by atoms with Gasteiger partial charge in [0.2, 0.25) is 0 Å². The maximum absolute atomic E-state index is 11.3. The van der Waals surface area contributed by atoms with E-state index in [0.29, 0.717) is 12.1 Å². The van der Waals surface area contributed by atoms with Gasteiger partial charge in [0, 0.05) is 6.42 Å². The third-order valence-electron chi connectivity index (χ3n) is 2.15. The average Bonchev–Trinajstić information content (AvgIpc) is 2.38. The Morgan fingerprint density at radius 2 is 2.07 bits per heavy atom. The standard InChI is InChI=1S/C8H9BrN2O2S/c9-8-5-6-3-1-2-4-7(6)11(8)14(10,12)13/h1-4,8H,5H2,(H2,10,12,13). The average molecular weight is 277 g/mol. The molecule has 0 aromatic heterocycles. The molecule has 1 aliphatic rings. The molecule has 0 amide bonds. The highest BCUT2D eigenvalue weighted by Gasteiger charge is 2.33. The van der Waals surface area contributed by atoms with Crippen molar-refractivity contribution in [2.24, 2.45) is 5.14 Å². The first kappa shape index (κ1) is 9.95. The lowest BCUT2D eigenvalue weighted by Crippen LogP contribution is -2.39. The number of nitrogens with zero attached hydrogens (tertiary/aromatic N) is 1. The summed E-state index contributed by atoms with van der Waals surface area (Å²) in [5.74, 6) is 0. The maximum atomic E-state index is 11.3. The van der Waals surface area contributed by atoms with Crippen molar-refractivity contribution in [3.8, 4) is 0 Å². The minimum absolute atomic E-state index is 0.269. The first-order valence-corrected chi connectivity index (χ1v) is 6.46. The zero-order valence-corrected chi connectivity index (χ0v) is 9.62. The van der Waals surface area contributed by atoms with E-state index >= 15 is 0 Å². The summed E-state index contributed by atoms with van der Waals surface area (Å²) in [4.78, 5) is -0.269. The highest BCUT2D eigenvalue weighted by molar-refractivity contribution is 9.09. The van der Waals surface area contributed by atoms with E-state index in [4.69, 9.17) is 5.14 Å². The molecule has 1 aromatic rings. The SMILES string of the molecule is NS(=O)(=O)N1c2ccccc2CC1Br. The van der Waals surface area contributed by atoms with E-state index in [1.807, 2.05) is 12.1 Å². The van der Waals surface area contributed by atoms with Gasteiger partial charge in [-0.25, -0.2) is 9.44 Å². The Balaban J connectivity index is 2.56. The van der Waals surface area contributed by atoms with E-state index in [2.05, 4.69) is 15.9 Å². The molecule has 0 bridgehead atoms. The largest absolute Gasteiger partial charge is 0.300 e. The van der Waals surface area contributed by atoms with E-state index in [-0.39, 0.29) is 4.95 Å². The Morgan fingerprint density at radius 3 is 2.71 bits per heavy atom. The van der Waals surface area contributed by atoms with Gasteiger partial charge >= 0.3 is 0 Å². The molecule has 0 aliphatic carbocycles. The highest BCUT2D eigenvalue weighted by Crippen LogP contribution is 2.35. The number of nitrogens with two attached hydrogens (primary N) is 1. The lowest BCUT2D eigenvalue weighted by atomic mass is 10.2. The van der Waals surface area contributed by atoms with Crippen molar-refractivity contribution in [2.45, 2.75) is 11.4 Å². The summed E-state index contributed by atoms with van der Waals surface area (Å²) in [5, 5.41) is 5.11. The molecule has 1 aliphatic heterocycles. The normalized spacial score (nSPS) is 21.0. The fourth-order valence-electron chi connectivity index (χ4n) is 1.61. The second kappa shape index (κ2) is 3.22. The predicted octanol–water partition coefficient (Wildman–Crippen LogP) is 0.974. The van der Waals surface area contributed by atoms with Crippen LogP contribution in [0.15, 0.2) is 24.3 Å². The first-order chi connectivity index (χ1) is 6.50. The fourth-order valence-corrected chi connectivity index (χ4v) is 3.72. The molecule has 0 spiro atoms. The van der Waals surface area contributed by atoms with E-state index in [9.17, 15) is 8.42 Å². The van der Waals surface area contributed by atoms with Crippen LogP contribution in [-0.2, 0) is 16.6 Å². The Kier molecular flexibility index (Phi) is 2.29. The Hall–Kier alpha value is -0.590. The van der Waals surface area contributed by atoms with Gasteiger partial charge < -0.3 is 0 Å². The fraction of sp³-hybridized carbons (Fsp3) is 0.250. The molecule has 2 N–H and O–H groups in total. The van der Waals surface area contributed by atoms with Gasteiger partial charge in [-0.05, 0) is 11.6 Å². The van der Waals surface area contributed by atoms with Crippen molar-refractivity contribution in [1.82, 2.24) is 0 Å². The van der Waals surface area contributed by atoms with Gasteiger partial charge in [-0.1, -0.05) is 34.1 Å². The second-order valence-electron chi connectivity index (χ2n) is 3.11. The summed E-state index contributed by atoms with van der Waals surface area (Å²) in [5.41, 5.74) is 1.65. The van der Waals surface area contributed by atoms with E-state index in [1.54, 1.807) is 12.1 Å². The van der Waals surface area contributed by atoms with Crippen LogP contribution in [0, 0.1) is 0 Å². The first-order valence-electron chi connectivity index (χ1n) is 4.04. The number of anilines is 1. The molecule has 1 aromatic carbocycles. The van der Waals surface area contributed by atoms with Crippen molar-refractivity contribution in [1.29, 1.82) is 0 Å². The Morgan fingerprint density at radius 1 is 1.43 bits per heavy atom. The summed E-state index contributed by atoms with van der Waals surface area (Å²) in [6.07, 6.45) is 0.645. The van der Waals surface area contributed by atoms with Crippen LogP contribution in [0.1, 0.15) is 5.56 Å². The number of halogens is 1. The molecule has 14 heavy (non-hydrogen) atoms. The molecule has 1 atom stereocenters. The number of para-hydroxylation sites is 1. The molecule has 0 radical (unpaired) electrons.